The average Bonchev–Trinajstić information content (AvgIpc) is 2.89. The molecule has 1 aliphatic carbocycles. The van der Waals surface area contributed by atoms with Crippen molar-refractivity contribution in [2.75, 3.05) is 0 Å². The number of hydrogen-bond acceptors (Lipinski definition) is 6. The number of ether oxygens (including phenoxy) is 2. The van der Waals surface area contributed by atoms with Crippen LogP contribution in [-0.2, 0) is 23.9 Å². The van der Waals surface area contributed by atoms with Crippen molar-refractivity contribution in [2.24, 2.45) is 11.8 Å². The zero-order valence-electron chi connectivity index (χ0n) is 15.4. The molecule has 0 radical (unpaired) electrons. The minimum atomic E-state index is -0.780. The Bertz CT molecular complexity index is 659. The molecule has 0 aromatic rings. The molecule has 0 unspecified atom stereocenters. The van der Waals surface area contributed by atoms with Crippen molar-refractivity contribution >= 4 is 18.2 Å². The highest BCUT2D eigenvalue weighted by molar-refractivity contribution is 5.91. The number of hydrogen-bond donors (Lipinski definition) is 1. The van der Waals surface area contributed by atoms with Crippen LogP contribution in [0.4, 0.5) is 0 Å². The lowest BCUT2D eigenvalue weighted by atomic mass is 9.85. The van der Waals surface area contributed by atoms with Crippen molar-refractivity contribution < 1.29 is 29.0 Å². The van der Waals surface area contributed by atoms with Crippen LogP contribution in [0.15, 0.2) is 35.5 Å². The predicted molar refractivity (Wildman–Crippen MR) is 95.0 cm³/mol. The first-order valence-corrected chi connectivity index (χ1v) is 8.89. The number of carbonyl (C=O) groups is 3. The van der Waals surface area contributed by atoms with E-state index >= 15 is 0 Å². The number of rotatable bonds is 4. The van der Waals surface area contributed by atoms with E-state index in [0.29, 0.717) is 23.9 Å². The maximum Gasteiger partial charge on any atom is 0.334 e. The second-order valence-corrected chi connectivity index (χ2v) is 6.97. The first-order valence-electron chi connectivity index (χ1n) is 8.89. The summed E-state index contributed by atoms with van der Waals surface area (Å²) in [6.07, 6.45) is 2.81. The van der Waals surface area contributed by atoms with Crippen LogP contribution in [0.3, 0.4) is 0 Å². The molecule has 0 bridgehead atoms. The molecule has 5 atom stereocenters. The Morgan fingerprint density at radius 3 is 2.85 bits per heavy atom. The Kier molecular flexibility index (Phi) is 6.53. The van der Waals surface area contributed by atoms with Gasteiger partial charge in [0.15, 0.2) is 0 Å². The minimum Gasteiger partial charge on any atom is -0.461 e. The van der Waals surface area contributed by atoms with Crippen molar-refractivity contribution in [1.82, 2.24) is 0 Å². The molecule has 1 N–H and O–H groups in total. The maximum atomic E-state index is 12.3. The van der Waals surface area contributed by atoms with E-state index < -0.39 is 30.2 Å². The highest BCUT2D eigenvalue weighted by Gasteiger charge is 2.45. The summed E-state index contributed by atoms with van der Waals surface area (Å²) in [6.45, 7) is 9.18. The van der Waals surface area contributed by atoms with Crippen molar-refractivity contribution in [1.29, 1.82) is 0 Å². The Labute approximate surface area is 153 Å². The maximum absolute atomic E-state index is 12.3. The lowest BCUT2D eigenvalue weighted by Crippen LogP contribution is -2.35. The molecule has 1 heterocycles. The van der Waals surface area contributed by atoms with E-state index in [-0.39, 0.29) is 30.3 Å². The van der Waals surface area contributed by atoms with Gasteiger partial charge >= 0.3 is 11.9 Å². The van der Waals surface area contributed by atoms with Gasteiger partial charge in [-0.1, -0.05) is 26.5 Å². The lowest BCUT2D eigenvalue weighted by Gasteiger charge is -2.28. The van der Waals surface area contributed by atoms with Crippen LogP contribution in [0.2, 0.25) is 0 Å². The molecule has 0 amide bonds. The predicted octanol–water partition coefficient (Wildman–Crippen LogP) is 2.27. The van der Waals surface area contributed by atoms with Crippen LogP contribution in [0.5, 0.6) is 0 Å². The van der Waals surface area contributed by atoms with E-state index in [9.17, 15) is 19.5 Å². The SMILES string of the molecule is C=C1C(=O)O[C@@H]2/C=C(\C)[C@H](O)C/C=C(/C=O)C[C@@H](OC(=O)[C@H](C)CC)[C@@H]12. The summed E-state index contributed by atoms with van der Waals surface area (Å²) in [6, 6.07) is 0. The first kappa shape index (κ1) is 20.1. The van der Waals surface area contributed by atoms with Gasteiger partial charge in [0.05, 0.1) is 17.9 Å². The summed E-state index contributed by atoms with van der Waals surface area (Å²) >= 11 is 0. The van der Waals surface area contributed by atoms with E-state index in [4.69, 9.17) is 9.47 Å². The van der Waals surface area contributed by atoms with Crippen LogP contribution in [0, 0.1) is 11.8 Å². The monoisotopic (exact) mass is 362 g/mol. The summed E-state index contributed by atoms with van der Waals surface area (Å²) in [5.41, 5.74) is 1.24. The zero-order chi connectivity index (χ0) is 19.4. The molecular formula is C20H26O6. The van der Waals surface area contributed by atoms with E-state index in [1.54, 1.807) is 26.0 Å². The highest BCUT2D eigenvalue weighted by Crippen LogP contribution is 2.36. The molecule has 142 valence electrons. The van der Waals surface area contributed by atoms with Crippen LogP contribution in [-0.4, -0.2) is 41.6 Å². The topological polar surface area (TPSA) is 89.9 Å². The molecule has 0 saturated carbocycles. The van der Waals surface area contributed by atoms with Gasteiger partial charge in [-0.05, 0) is 37.0 Å². The number of esters is 2. The fourth-order valence-electron chi connectivity index (χ4n) is 3.09. The summed E-state index contributed by atoms with van der Waals surface area (Å²) in [5.74, 6) is -1.83. The molecular weight excluding hydrogens is 336 g/mol. The molecule has 26 heavy (non-hydrogen) atoms. The van der Waals surface area contributed by atoms with Crippen LogP contribution < -0.4 is 0 Å². The Morgan fingerprint density at radius 2 is 2.23 bits per heavy atom. The van der Waals surface area contributed by atoms with Gasteiger partial charge in [0, 0.05) is 12.0 Å². The van der Waals surface area contributed by atoms with Gasteiger partial charge in [-0.2, -0.15) is 0 Å². The molecule has 6 nitrogen and oxygen atoms in total. The quantitative estimate of drug-likeness (QED) is 0.357. The van der Waals surface area contributed by atoms with Crippen molar-refractivity contribution in [3.63, 3.8) is 0 Å². The third-order valence-corrected chi connectivity index (χ3v) is 5.09. The minimum absolute atomic E-state index is 0.141. The standard InChI is InChI=1S/C20H26O6/c1-5-11(2)19(23)25-17-9-14(10-21)6-7-15(22)12(3)8-16-18(17)13(4)20(24)26-16/h6,8,10-11,15-18,22H,4-5,7,9H2,1-3H3/b12-8+,14-6+/t11-,15-,16-,17-,18+/m1/s1. The number of aliphatic hydroxyl groups excluding tert-OH is 1. The highest BCUT2D eigenvalue weighted by atomic mass is 16.6. The van der Waals surface area contributed by atoms with Gasteiger partial charge in [-0.3, -0.25) is 9.59 Å². The molecule has 1 fully saturated rings. The van der Waals surface area contributed by atoms with Gasteiger partial charge in [0.2, 0.25) is 0 Å². The molecule has 2 rings (SSSR count). The van der Waals surface area contributed by atoms with Gasteiger partial charge < -0.3 is 14.6 Å². The van der Waals surface area contributed by atoms with E-state index in [0.717, 1.165) is 0 Å². The van der Waals surface area contributed by atoms with Crippen LogP contribution in [0.25, 0.3) is 0 Å². The summed E-state index contributed by atoms with van der Waals surface area (Å²) in [4.78, 5) is 35.8. The Balaban J connectivity index is 2.43. The van der Waals surface area contributed by atoms with Crippen molar-refractivity contribution in [3.8, 4) is 0 Å². The lowest BCUT2D eigenvalue weighted by molar-refractivity contribution is -0.156. The van der Waals surface area contributed by atoms with Gasteiger partial charge in [-0.15, -0.1) is 0 Å². The average molecular weight is 362 g/mol. The first-order chi connectivity index (χ1) is 12.3. The summed E-state index contributed by atoms with van der Waals surface area (Å²) < 4.78 is 11.0. The number of fused-ring (bicyclic) bond motifs is 1. The van der Waals surface area contributed by atoms with E-state index in [2.05, 4.69) is 6.58 Å². The normalized spacial score (nSPS) is 34.5. The third kappa shape index (κ3) is 4.30. The fourth-order valence-corrected chi connectivity index (χ4v) is 3.09. The zero-order valence-corrected chi connectivity index (χ0v) is 15.4. The third-order valence-electron chi connectivity index (χ3n) is 5.09. The van der Waals surface area contributed by atoms with Crippen LogP contribution >= 0.6 is 0 Å². The van der Waals surface area contributed by atoms with Gasteiger partial charge in [-0.25, -0.2) is 4.79 Å². The van der Waals surface area contributed by atoms with E-state index in [1.165, 1.54) is 0 Å². The Hall–Kier alpha value is -2.21. The smallest absolute Gasteiger partial charge is 0.334 e. The van der Waals surface area contributed by atoms with E-state index in [1.807, 2.05) is 6.92 Å². The number of aliphatic hydroxyl groups is 1. The molecule has 1 aliphatic heterocycles. The molecule has 0 spiro atoms. The summed E-state index contributed by atoms with van der Waals surface area (Å²) in [5, 5.41) is 10.2. The molecule has 2 aliphatic rings. The second kappa shape index (κ2) is 8.45. The molecule has 1 saturated heterocycles. The number of aldehydes is 1. The fraction of sp³-hybridized carbons (Fsp3) is 0.550. The van der Waals surface area contributed by atoms with Gasteiger partial charge in [0.1, 0.15) is 18.5 Å². The van der Waals surface area contributed by atoms with Gasteiger partial charge in [0.25, 0.3) is 0 Å². The molecule has 0 aromatic carbocycles. The Morgan fingerprint density at radius 1 is 1.54 bits per heavy atom. The largest absolute Gasteiger partial charge is 0.461 e. The molecule has 6 heteroatoms. The molecule has 0 aromatic heterocycles. The van der Waals surface area contributed by atoms with Crippen LogP contribution in [0.1, 0.15) is 40.0 Å². The van der Waals surface area contributed by atoms with Crippen molar-refractivity contribution in [2.45, 2.75) is 58.3 Å². The van der Waals surface area contributed by atoms with Crippen molar-refractivity contribution in [3.05, 3.63) is 35.5 Å². The second-order valence-electron chi connectivity index (χ2n) is 6.97. The summed E-state index contributed by atoms with van der Waals surface area (Å²) in [7, 11) is 0. The number of carbonyl (C=O) groups excluding carboxylic acids is 3.